The van der Waals surface area contributed by atoms with E-state index in [1.807, 2.05) is 30.5 Å². The first-order valence-corrected chi connectivity index (χ1v) is 9.74. The van der Waals surface area contributed by atoms with Crippen molar-refractivity contribution in [2.45, 2.75) is 4.90 Å². The van der Waals surface area contributed by atoms with Crippen molar-refractivity contribution in [1.29, 1.82) is 0 Å². The SMILES string of the molecule is CSc1ccccc1NC(=O)CN(C)CC(=O)Nc1c(Cl)cccc1Cl. The summed E-state index contributed by atoms with van der Waals surface area (Å²) in [6, 6.07) is 12.5. The minimum Gasteiger partial charge on any atom is -0.324 e. The molecule has 2 N–H and O–H groups in total. The molecule has 138 valence electrons. The lowest BCUT2D eigenvalue weighted by Crippen LogP contribution is -2.36. The fourth-order valence-electron chi connectivity index (χ4n) is 2.28. The van der Waals surface area contributed by atoms with Crippen molar-refractivity contribution in [2.75, 3.05) is 37.0 Å². The number of carbonyl (C=O) groups excluding carboxylic acids is 2. The molecule has 0 saturated heterocycles. The van der Waals surface area contributed by atoms with Gasteiger partial charge in [0.1, 0.15) is 0 Å². The van der Waals surface area contributed by atoms with Crippen LogP contribution >= 0.6 is 35.0 Å². The van der Waals surface area contributed by atoms with E-state index in [0.29, 0.717) is 15.7 Å². The molecule has 8 heteroatoms. The number of hydrogen-bond acceptors (Lipinski definition) is 4. The average molecular weight is 412 g/mol. The van der Waals surface area contributed by atoms with Crippen LogP contribution < -0.4 is 10.6 Å². The molecule has 2 amide bonds. The third kappa shape index (κ3) is 5.92. The molecule has 0 spiro atoms. The first-order valence-electron chi connectivity index (χ1n) is 7.76. The van der Waals surface area contributed by atoms with Gasteiger partial charge in [-0.25, -0.2) is 0 Å². The minimum atomic E-state index is -0.306. The van der Waals surface area contributed by atoms with Crippen LogP contribution in [0, 0.1) is 0 Å². The van der Waals surface area contributed by atoms with E-state index < -0.39 is 0 Å². The number of nitrogens with zero attached hydrogens (tertiary/aromatic N) is 1. The first-order chi connectivity index (χ1) is 12.4. The Morgan fingerprint density at radius 1 is 0.962 bits per heavy atom. The van der Waals surface area contributed by atoms with E-state index >= 15 is 0 Å². The van der Waals surface area contributed by atoms with Crippen molar-refractivity contribution in [3.05, 3.63) is 52.5 Å². The maximum atomic E-state index is 12.2. The Hall–Kier alpha value is -1.73. The van der Waals surface area contributed by atoms with Gasteiger partial charge in [-0.1, -0.05) is 41.4 Å². The highest BCUT2D eigenvalue weighted by atomic mass is 35.5. The van der Waals surface area contributed by atoms with Crippen molar-refractivity contribution in [3.63, 3.8) is 0 Å². The Morgan fingerprint density at radius 3 is 2.15 bits per heavy atom. The zero-order valence-electron chi connectivity index (χ0n) is 14.4. The average Bonchev–Trinajstić information content (AvgIpc) is 2.58. The molecule has 0 saturated carbocycles. The third-order valence-corrected chi connectivity index (χ3v) is 4.86. The number of amides is 2. The third-order valence-electron chi connectivity index (χ3n) is 3.44. The Bertz CT molecular complexity index is 782. The zero-order valence-corrected chi connectivity index (χ0v) is 16.7. The van der Waals surface area contributed by atoms with Gasteiger partial charge in [0, 0.05) is 4.90 Å². The quantitative estimate of drug-likeness (QED) is 0.669. The summed E-state index contributed by atoms with van der Waals surface area (Å²) in [5, 5.41) is 6.25. The molecule has 0 aliphatic heterocycles. The van der Waals surface area contributed by atoms with E-state index in [1.165, 1.54) is 0 Å². The molecule has 0 aliphatic rings. The number of benzene rings is 2. The van der Waals surface area contributed by atoms with Crippen LogP contribution in [-0.4, -0.2) is 43.1 Å². The number of nitrogens with one attached hydrogen (secondary N) is 2. The molecule has 0 atom stereocenters. The Labute approximate surface area is 167 Å². The molecule has 0 unspecified atom stereocenters. The molecule has 0 aliphatic carbocycles. The summed E-state index contributed by atoms with van der Waals surface area (Å²) in [6.45, 7) is 0.103. The van der Waals surface area contributed by atoms with E-state index in [0.717, 1.165) is 10.6 Å². The van der Waals surface area contributed by atoms with Gasteiger partial charge >= 0.3 is 0 Å². The normalized spacial score (nSPS) is 10.7. The van der Waals surface area contributed by atoms with E-state index in [-0.39, 0.29) is 24.9 Å². The van der Waals surface area contributed by atoms with Gasteiger partial charge in [-0.2, -0.15) is 0 Å². The molecule has 5 nitrogen and oxygen atoms in total. The molecule has 2 aromatic carbocycles. The van der Waals surface area contributed by atoms with Crippen LogP contribution in [0.3, 0.4) is 0 Å². The number of anilines is 2. The number of para-hydroxylation sites is 2. The van der Waals surface area contributed by atoms with Gasteiger partial charge in [0.25, 0.3) is 0 Å². The van der Waals surface area contributed by atoms with Crippen LogP contribution in [0.5, 0.6) is 0 Å². The predicted octanol–water partition coefficient (Wildman–Crippen LogP) is 4.22. The minimum absolute atomic E-state index is 0.0269. The van der Waals surface area contributed by atoms with Gasteiger partial charge in [-0.05, 0) is 37.6 Å². The molecule has 0 bridgehead atoms. The number of halogens is 2. The van der Waals surface area contributed by atoms with Crippen molar-refractivity contribution in [2.24, 2.45) is 0 Å². The topological polar surface area (TPSA) is 61.4 Å². The zero-order chi connectivity index (χ0) is 19.1. The van der Waals surface area contributed by atoms with Crippen molar-refractivity contribution in [3.8, 4) is 0 Å². The van der Waals surface area contributed by atoms with Crippen molar-refractivity contribution < 1.29 is 9.59 Å². The fourth-order valence-corrected chi connectivity index (χ4v) is 3.33. The van der Waals surface area contributed by atoms with Crippen LogP contribution in [-0.2, 0) is 9.59 Å². The highest BCUT2D eigenvalue weighted by Crippen LogP contribution is 2.29. The lowest BCUT2D eigenvalue weighted by Gasteiger charge is -2.17. The Balaban J connectivity index is 1.88. The van der Waals surface area contributed by atoms with Gasteiger partial charge < -0.3 is 10.6 Å². The van der Waals surface area contributed by atoms with E-state index in [2.05, 4.69) is 10.6 Å². The van der Waals surface area contributed by atoms with Crippen LogP contribution in [0.25, 0.3) is 0 Å². The Kier molecular flexibility index (Phi) is 7.78. The summed E-state index contributed by atoms with van der Waals surface area (Å²) in [4.78, 5) is 27.0. The number of carbonyl (C=O) groups is 2. The van der Waals surface area contributed by atoms with Gasteiger partial charge in [-0.15, -0.1) is 11.8 Å². The lowest BCUT2D eigenvalue weighted by molar-refractivity contribution is -0.119. The van der Waals surface area contributed by atoms with Gasteiger partial charge in [-0.3, -0.25) is 14.5 Å². The first kappa shape index (κ1) is 20.6. The van der Waals surface area contributed by atoms with E-state index in [4.69, 9.17) is 23.2 Å². The lowest BCUT2D eigenvalue weighted by atomic mass is 10.3. The second-order valence-corrected chi connectivity index (χ2v) is 7.23. The summed E-state index contributed by atoms with van der Waals surface area (Å²) in [5.41, 5.74) is 1.12. The largest absolute Gasteiger partial charge is 0.324 e. The molecular weight excluding hydrogens is 393 g/mol. The molecule has 0 heterocycles. The van der Waals surface area contributed by atoms with Crippen LogP contribution in [0.1, 0.15) is 0 Å². The van der Waals surface area contributed by atoms with Gasteiger partial charge in [0.2, 0.25) is 11.8 Å². The Morgan fingerprint density at radius 2 is 1.54 bits per heavy atom. The smallest absolute Gasteiger partial charge is 0.238 e. The fraction of sp³-hybridized carbons (Fsp3) is 0.222. The molecule has 2 aromatic rings. The standard InChI is InChI=1S/C18H19Cl2N3O2S/c1-23(10-16(24)21-14-8-3-4-9-15(14)26-2)11-17(25)22-18-12(19)6-5-7-13(18)20/h3-9H,10-11H2,1-2H3,(H,21,24)(H,22,25). The molecule has 2 rings (SSSR count). The van der Waals surface area contributed by atoms with Crippen molar-refractivity contribution in [1.82, 2.24) is 4.90 Å². The second kappa shape index (κ2) is 9.83. The van der Waals surface area contributed by atoms with E-state index in [9.17, 15) is 9.59 Å². The summed E-state index contributed by atoms with van der Waals surface area (Å²) in [6.07, 6.45) is 1.95. The summed E-state index contributed by atoms with van der Waals surface area (Å²) in [5.74, 6) is -0.502. The van der Waals surface area contributed by atoms with Crippen LogP contribution in [0.4, 0.5) is 11.4 Å². The molecule has 0 fully saturated rings. The predicted molar refractivity (Wildman–Crippen MR) is 109 cm³/mol. The number of rotatable bonds is 7. The van der Waals surface area contributed by atoms with Crippen LogP contribution in [0.15, 0.2) is 47.4 Å². The van der Waals surface area contributed by atoms with Gasteiger partial charge in [0.05, 0.1) is 34.5 Å². The summed E-state index contributed by atoms with van der Waals surface area (Å²) < 4.78 is 0. The number of hydrogen-bond donors (Lipinski definition) is 2. The molecule has 0 aromatic heterocycles. The van der Waals surface area contributed by atoms with E-state index in [1.54, 1.807) is 41.9 Å². The monoisotopic (exact) mass is 411 g/mol. The highest BCUT2D eigenvalue weighted by molar-refractivity contribution is 7.98. The molecule has 26 heavy (non-hydrogen) atoms. The second-order valence-electron chi connectivity index (χ2n) is 5.57. The number of likely N-dealkylation sites (N-methyl/N-ethyl adjacent to an activating group) is 1. The molecular formula is C18H19Cl2N3O2S. The molecule has 0 radical (unpaired) electrons. The van der Waals surface area contributed by atoms with Crippen LogP contribution in [0.2, 0.25) is 10.0 Å². The summed E-state index contributed by atoms with van der Waals surface area (Å²) in [7, 11) is 1.69. The highest BCUT2D eigenvalue weighted by Gasteiger charge is 2.14. The summed E-state index contributed by atoms with van der Waals surface area (Å²) >= 11 is 13.6. The van der Waals surface area contributed by atoms with Gasteiger partial charge in [0.15, 0.2) is 0 Å². The van der Waals surface area contributed by atoms with Crippen molar-refractivity contribution >= 4 is 58.2 Å². The maximum absolute atomic E-state index is 12.2. The number of thioether (sulfide) groups is 1. The maximum Gasteiger partial charge on any atom is 0.238 e.